The van der Waals surface area contributed by atoms with Gasteiger partial charge in [-0.25, -0.2) is 9.37 Å². The molecule has 1 saturated heterocycles. The van der Waals surface area contributed by atoms with Gasteiger partial charge < -0.3 is 10.2 Å². The first-order valence-electron chi connectivity index (χ1n) is 7.20. The molecule has 1 aliphatic rings. The number of alkyl halides is 1. The van der Waals surface area contributed by atoms with Gasteiger partial charge in [0, 0.05) is 37.3 Å². The molecular formula is C15H17BrFN3OS. The highest BCUT2D eigenvalue weighted by Gasteiger charge is 2.35. The molecule has 118 valence electrons. The largest absolute Gasteiger partial charge is 0.353 e. The molecule has 22 heavy (non-hydrogen) atoms. The molecule has 2 aromatic rings. The highest BCUT2D eigenvalue weighted by atomic mass is 79.9. The molecule has 1 aromatic heterocycles. The quantitative estimate of drug-likeness (QED) is 0.878. The number of carbonyl (C=O) groups is 1. The lowest BCUT2D eigenvalue weighted by molar-refractivity contribution is -0.119. The first-order valence-corrected chi connectivity index (χ1v) is 8.81. The minimum Gasteiger partial charge on any atom is -0.353 e. The molecule has 1 amide bonds. The minimum absolute atomic E-state index is 0.100. The number of fused-ring (bicyclic) bond motifs is 1. The zero-order valence-corrected chi connectivity index (χ0v) is 14.6. The van der Waals surface area contributed by atoms with E-state index in [1.807, 2.05) is 12.1 Å². The van der Waals surface area contributed by atoms with Gasteiger partial charge in [-0.2, -0.15) is 0 Å². The number of nitrogens with zero attached hydrogens (tertiary/aromatic N) is 2. The molecule has 0 spiro atoms. The highest BCUT2D eigenvalue weighted by Crippen LogP contribution is 2.34. The van der Waals surface area contributed by atoms with Crippen molar-refractivity contribution in [3.8, 4) is 0 Å². The van der Waals surface area contributed by atoms with Gasteiger partial charge in [0.2, 0.25) is 5.91 Å². The van der Waals surface area contributed by atoms with Crippen molar-refractivity contribution in [2.45, 2.75) is 25.4 Å². The van der Waals surface area contributed by atoms with Crippen LogP contribution in [0.5, 0.6) is 0 Å². The second kappa shape index (κ2) is 6.12. The number of aromatic nitrogens is 1. The Morgan fingerprint density at radius 1 is 1.50 bits per heavy atom. The zero-order valence-electron chi connectivity index (χ0n) is 12.2. The van der Waals surface area contributed by atoms with Crippen molar-refractivity contribution < 1.29 is 9.18 Å². The van der Waals surface area contributed by atoms with Gasteiger partial charge in [0.05, 0.1) is 16.8 Å². The van der Waals surface area contributed by atoms with Gasteiger partial charge in [0.1, 0.15) is 5.67 Å². The summed E-state index contributed by atoms with van der Waals surface area (Å²) in [6.07, 6.45) is 0.819. The van der Waals surface area contributed by atoms with Crippen LogP contribution in [0.2, 0.25) is 0 Å². The third-order valence-corrected chi connectivity index (χ3v) is 5.50. The molecule has 0 radical (unpaired) electrons. The van der Waals surface area contributed by atoms with Crippen LogP contribution in [-0.2, 0) is 4.79 Å². The van der Waals surface area contributed by atoms with E-state index in [0.717, 1.165) is 19.8 Å². The number of rotatable bonds is 3. The summed E-state index contributed by atoms with van der Waals surface area (Å²) in [6.45, 7) is 2.76. The SMILES string of the molecule is CC(=O)NCC1(F)CCN(c2nc3ccc(Br)cc3s2)CC1. The van der Waals surface area contributed by atoms with E-state index in [0.29, 0.717) is 25.9 Å². The number of hydrogen-bond acceptors (Lipinski definition) is 4. The molecule has 1 aromatic carbocycles. The molecule has 0 saturated carbocycles. The van der Waals surface area contributed by atoms with Gasteiger partial charge in [0.25, 0.3) is 0 Å². The van der Waals surface area contributed by atoms with Gasteiger partial charge in [-0.3, -0.25) is 4.79 Å². The van der Waals surface area contributed by atoms with E-state index in [2.05, 4.69) is 37.2 Å². The Bertz CT molecular complexity index is 697. The molecule has 3 rings (SSSR count). The standard InChI is InChI=1S/C15H17BrFN3OS/c1-10(21)18-9-15(17)4-6-20(7-5-15)14-19-12-3-2-11(16)8-13(12)22-14/h2-3,8H,4-7,9H2,1H3,(H,18,21). The lowest BCUT2D eigenvalue weighted by Gasteiger charge is -2.36. The fraction of sp³-hybridized carbons (Fsp3) is 0.467. The van der Waals surface area contributed by atoms with Gasteiger partial charge in [-0.1, -0.05) is 27.3 Å². The second-order valence-corrected chi connectivity index (χ2v) is 7.58. The van der Waals surface area contributed by atoms with Crippen molar-refractivity contribution in [2.75, 3.05) is 24.5 Å². The molecule has 0 aliphatic carbocycles. The van der Waals surface area contributed by atoms with Crippen LogP contribution in [-0.4, -0.2) is 36.2 Å². The zero-order chi connectivity index (χ0) is 15.7. The van der Waals surface area contributed by atoms with Crippen LogP contribution in [0, 0.1) is 0 Å². The summed E-state index contributed by atoms with van der Waals surface area (Å²) in [5, 5.41) is 3.53. The Kier molecular flexibility index (Phi) is 4.36. The van der Waals surface area contributed by atoms with Crippen LogP contribution in [0.1, 0.15) is 19.8 Å². The Balaban J connectivity index is 1.68. The average Bonchev–Trinajstić information content (AvgIpc) is 2.89. The van der Waals surface area contributed by atoms with E-state index >= 15 is 0 Å². The maximum absolute atomic E-state index is 14.6. The first kappa shape index (κ1) is 15.7. The predicted molar refractivity (Wildman–Crippen MR) is 91.3 cm³/mol. The summed E-state index contributed by atoms with van der Waals surface area (Å²) >= 11 is 5.09. The predicted octanol–water partition coefficient (Wildman–Crippen LogP) is 3.50. The smallest absolute Gasteiger partial charge is 0.216 e. The normalized spacial score (nSPS) is 17.7. The number of amides is 1. The Hall–Kier alpha value is -1.21. The van der Waals surface area contributed by atoms with Crippen molar-refractivity contribution in [3.05, 3.63) is 22.7 Å². The van der Waals surface area contributed by atoms with Crippen LogP contribution in [0.15, 0.2) is 22.7 Å². The third-order valence-electron chi connectivity index (χ3n) is 3.92. The van der Waals surface area contributed by atoms with Gasteiger partial charge in [-0.05, 0) is 18.2 Å². The van der Waals surface area contributed by atoms with Crippen molar-refractivity contribution >= 4 is 48.5 Å². The fourth-order valence-electron chi connectivity index (χ4n) is 2.58. The van der Waals surface area contributed by atoms with Gasteiger partial charge >= 0.3 is 0 Å². The molecule has 1 fully saturated rings. The fourth-order valence-corrected chi connectivity index (χ4v) is 4.15. The van der Waals surface area contributed by atoms with E-state index in [1.165, 1.54) is 6.92 Å². The second-order valence-electron chi connectivity index (χ2n) is 5.66. The number of anilines is 1. The van der Waals surface area contributed by atoms with Gasteiger partial charge in [-0.15, -0.1) is 0 Å². The Morgan fingerprint density at radius 2 is 2.23 bits per heavy atom. The first-order chi connectivity index (χ1) is 10.5. The highest BCUT2D eigenvalue weighted by molar-refractivity contribution is 9.10. The molecular weight excluding hydrogens is 369 g/mol. The summed E-state index contributed by atoms with van der Waals surface area (Å²) in [7, 11) is 0. The van der Waals surface area contributed by atoms with Gasteiger partial charge in [0.15, 0.2) is 5.13 Å². The Morgan fingerprint density at radius 3 is 2.91 bits per heavy atom. The summed E-state index contributed by atoms with van der Waals surface area (Å²) in [4.78, 5) is 17.7. The maximum Gasteiger partial charge on any atom is 0.216 e. The number of nitrogens with one attached hydrogen (secondary N) is 1. The number of halogens is 2. The maximum atomic E-state index is 14.6. The molecule has 2 heterocycles. The number of benzene rings is 1. The number of hydrogen-bond donors (Lipinski definition) is 1. The molecule has 1 N–H and O–H groups in total. The van der Waals surface area contributed by atoms with Crippen molar-refractivity contribution in [1.82, 2.24) is 10.3 Å². The number of carbonyl (C=O) groups excluding carboxylic acids is 1. The van der Waals surface area contributed by atoms with Crippen molar-refractivity contribution in [3.63, 3.8) is 0 Å². The van der Waals surface area contributed by atoms with Crippen LogP contribution >= 0.6 is 27.3 Å². The number of piperidine rings is 1. The Labute approximate surface area is 140 Å². The van der Waals surface area contributed by atoms with E-state index < -0.39 is 5.67 Å². The topological polar surface area (TPSA) is 45.2 Å². The molecule has 0 atom stereocenters. The lowest BCUT2D eigenvalue weighted by Crippen LogP contribution is -2.48. The number of thiazole rings is 1. The molecule has 7 heteroatoms. The van der Waals surface area contributed by atoms with E-state index in [1.54, 1.807) is 11.3 Å². The summed E-state index contributed by atoms with van der Waals surface area (Å²) in [6, 6.07) is 6.01. The van der Waals surface area contributed by atoms with Crippen LogP contribution in [0.4, 0.5) is 9.52 Å². The summed E-state index contributed by atoms with van der Waals surface area (Å²) < 4.78 is 16.8. The lowest BCUT2D eigenvalue weighted by atomic mass is 9.93. The van der Waals surface area contributed by atoms with Crippen molar-refractivity contribution in [1.29, 1.82) is 0 Å². The molecule has 0 bridgehead atoms. The molecule has 4 nitrogen and oxygen atoms in total. The monoisotopic (exact) mass is 385 g/mol. The molecule has 0 unspecified atom stereocenters. The van der Waals surface area contributed by atoms with Crippen molar-refractivity contribution in [2.24, 2.45) is 0 Å². The third kappa shape index (κ3) is 3.41. The minimum atomic E-state index is -1.30. The van der Waals surface area contributed by atoms with E-state index in [9.17, 15) is 9.18 Å². The molecule has 1 aliphatic heterocycles. The van der Waals surface area contributed by atoms with E-state index in [4.69, 9.17) is 0 Å². The van der Waals surface area contributed by atoms with Crippen LogP contribution < -0.4 is 10.2 Å². The summed E-state index contributed by atoms with van der Waals surface area (Å²) in [5.74, 6) is -0.184. The van der Waals surface area contributed by atoms with Crippen LogP contribution in [0.3, 0.4) is 0 Å². The average molecular weight is 386 g/mol. The summed E-state index contributed by atoms with van der Waals surface area (Å²) in [5.41, 5.74) is -0.333. The van der Waals surface area contributed by atoms with Crippen LogP contribution in [0.25, 0.3) is 10.2 Å². The van der Waals surface area contributed by atoms with E-state index in [-0.39, 0.29) is 12.5 Å².